The minimum atomic E-state index is 0.338. The van der Waals surface area contributed by atoms with Gasteiger partial charge in [-0.05, 0) is 0 Å². The molecule has 0 aromatic heterocycles. The summed E-state index contributed by atoms with van der Waals surface area (Å²) in [6.07, 6.45) is 0. The quantitative estimate of drug-likeness (QED) is 0.366. The van der Waals surface area contributed by atoms with E-state index in [1.807, 2.05) is 0 Å². The topological polar surface area (TPSA) is 38.0 Å². The number of nitrogens with two attached hydrogens (primary N) is 1. The van der Waals surface area contributed by atoms with E-state index >= 15 is 0 Å². The maximum Gasteiger partial charge on any atom is 0.0796 e. The molecule has 36 valence electrons. The van der Waals surface area contributed by atoms with Crippen LogP contribution in [0.5, 0.6) is 0 Å². The summed E-state index contributed by atoms with van der Waals surface area (Å²) in [7, 11) is 0. The van der Waals surface area contributed by atoms with Crippen LogP contribution in [0.15, 0.2) is 0 Å². The first-order valence-corrected chi connectivity index (χ1v) is 2.85. The van der Waals surface area contributed by atoms with E-state index in [4.69, 9.17) is 5.73 Å². The lowest BCUT2D eigenvalue weighted by molar-refractivity contribution is 0.417. The standard InChI is InChI=1S/C3H7BrN2/c4-3-2(5)1-6-3/h2-3,6H,1,5H2/t2?,3-/m1/s1. The van der Waals surface area contributed by atoms with Gasteiger partial charge in [-0.1, -0.05) is 15.9 Å². The molecule has 1 aliphatic rings. The van der Waals surface area contributed by atoms with E-state index in [1.54, 1.807) is 0 Å². The van der Waals surface area contributed by atoms with Crippen molar-refractivity contribution < 1.29 is 0 Å². The second kappa shape index (κ2) is 1.48. The third-order valence-corrected chi connectivity index (χ3v) is 1.93. The second-order valence-corrected chi connectivity index (χ2v) is 2.46. The zero-order chi connectivity index (χ0) is 4.57. The molecule has 0 aromatic rings. The van der Waals surface area contributed by atoms with E-state index in [-0.39, 0.29) is 0 Å². The van der Waals surface area contributed by atoms with Crippen LogP contribution in [-0.4, -0.2) is 17.5 Å². The summed E-state index contributed by atoms with van der Waals surface area (Å²) in [6.45, 7) is 0.954. The molecule has 1 rings (SSSR count). The lowest BCUT2D eigenvalue weighted by Gasteiger charge is -2.29. The van der Waals surface area contributed by atoms with Crippen molar-refractivity contribution in [2.24, 2.45) is 5.73 Å². The Bertz CT molecular complexity index is 48.8. The zero-order valence-corrected chi connectivity index (χ0v) is 4.90. The molecule has 0 saturated carbocycles. The highest BCUT2D eigenvalue weighted by atomic mass is 79.9. The van der Waals surface area contributed by atoms with Gasteiger partial charge in [0.05, 0.1) is 4.95 Å². The van der Waals surface area contributed by atoms with E-state index in [1.165, 1.54) is 0 Å². The van der Waals surface area contributed by atoms with Gasteiger partial charge >= 0.3 is 0 Å². The van der Waals surface area contributed by atoms with Crippen LogP contribution in [0.1, 0.15) is 0 Å². The van der Waals surface area contributed by atoms with Crippen molar-refractivity contribution in [2.45, 2.75) is 11.0 Å². The van der Waals surface area contributed by atoms with Crippen molar-refractivity contribution in [1.29, 1.82) is 0 Å². The Morgan fingerprint density at radius 3 is 2.33 bits per heavy atom. The summed E-state index contributed by atoms with van der Waals surface area (Å²) in [5, 5.41) is 3.05. The summed E-state index contributed by atoms with van der Waals surface area (Å²) in [6, 6.07) is 0.338. The van der Waals surface area contributed by atoms with Crippen LogP contribution < -0.4 is 11.1 Å². The normalized spacial score (nSPS) is 45.0. The van der Waals surface area contributed by atoms with E-state index < -0.39 is 0 Å². The van der Waals surface area contributed by atoms with Gasteiger partial charge in [0, 0.05) is 12.6 Å². The molecule has 0 aliphatic carbocycles. The van der Waals surface area contributed by atoms with Crippen molar-refractivity contribution in [2.75, 3.05) is 6.54 Å². The van der Waals surface area contributed by atoms with Crippen molar-refractivity contribution >= 4 is 15.9 Å². The van der Waals surface area contributed by atoms with Crippen LogP contribution in [0.2, 0.25) is 0 Å². The molecule has 2 atom stereocenters. The maximum atomic E-state index is 5.41. The van der Waals surface area contributed by atoms with Crippen LogP contribution in [0.3, 0.4) is 0 Å². The van der Waals surface area contributed by atoms with Crippen LogP contribution in [-0.2, 0) is 0 Å². The van der Waals surface area contributed by atoms with Crippen molar-refractivity contribution in [3.05, 3.63) is 0 Å². The first-order valence-electron chi connectivity index (χ1n) is 1.94. The Morgan fingerprint density at radius 2 is 2.33 bits per heavy atom. The fraction of sp³-hybridized carbons (Fsp3) is 1.00. The van der Waals surface area contributed by atoms with E-state index in [9.17, 15) is 0 Å². The summed E-state index contributed by atoms with van der Waals surface area (Å²) < 4.78 is 0. The Kier molecular flexibility index (Phi) is 1.13. The molecule has 1 unspecified atom stereocenters. The minimum Gasteiger partial charge on any atom is -0.325 e. The Hall–Kier alpha value is 0.400. The van der Waals surface area contributed by atoms with Crippen molar-refractivity contribution in [3.8, 4) is 0 Å². The molecule has 0 spiro atoms. The molecule has 0 aromatic carbocycles. The fourth-order valence-electron chi connectivity index (χ4n) is 0.343. The zero-order valence-electron chi connectivity index (χ0n) is 3.32. The molecular formula is C3H7BrN2. The number of hydrogen-bond donors (Lipinski definition) is 2. The van der Waals surface area contributed by atoms with Gasteiger partial charge in [0.2, 0.25) is 0 Å². The first-order chi connectivity index (χ1) is 2.80. The average molecular weight is 151 g/mol. The highest BCUT2D eigenvalue weighted by Gasteiger charge is 2.22. The molecule has 1 fully saturated rings. The molecule has 2 nitrogen and oxygen atoms in total. The molecule has 0 radical (unpaired) electrons. The molecule has 1 heterocycles. The van der Waals surface area contributed by atoms with Gasteiger partial charge in [0.25, 0.3) is 0 Å². The van der Waals surface area contributed by atoms with Crippen LogP contribution in [0, 0.1) is 0 Å². The lowest BCUT2D eigenvalue weighted by atomic mass is 10.2. The summed E-state index contributed by atoms with van der Waals surface area (Å²) >= 11 is 3.29. The van der Waals surface area contributed by atoms with E-state index in [2.05, 4.69) is 21.2 Å². The Labute approximate surface area is 45.2 Å². The predicted molar refractivity (Wildman–Crippen MR) is 28.7 cm³/mol. The summed E-state index contributed by atoms with van der Waals surface area (Å²) in [5.41, 5.74) is 5.41. The highest BCUT2D eigenvalue weighted by Crippen LogP contribution is 2.06. The number of hydrogen-bond acceptors (Lipinski definition) is 2. The molecule has 1 aliphatic heterocycles. The lowest BCUT2D eigenvalue weighted by Crippen LogP contribution is -2.58. The third kappa shape index (κ3) is 0.576. The van der Waals surface area contributed by atoms with Gasteiger partial charge in [-0.3, -0.25) is 0 Å². The minimum absolute atomic E-state index is 0.338. The highest BCUT2D eigenvalue weighted by molar-refractivity contribution is 9.09. The van der Waals surface area contributed by atoms with Crippen molar-refractivity contribution in [3.63, 3.8) is 0 Å². The van der Waals surface area contributed by atoms with Crippen LogP contribution in [0.4, 0.5) is 0 Å². The maximum absolute atomic E-state index is 5.41. The number of rotatable bonds is 0. The third-order valence-electron chi connectivity index (χ3n) is 0.924. The molecule has 3 N–H and O–H groups in total. The summed E-state index contributed by atoms with van der Waals surface area (Å²) in [4.78, 5) is 0.373. The Balaban J connectivity index is 2.20. The number of alkyl halides is 1. The fourth-order valence-corrected chi connectivity index (χ4v) is 0.717. The number of halogens is 1. The largest absolute Gasteiger partial charge is 0.325 e. The molecule has 0 bridgehead atoms. The van der Waals surface area contributed by atoms with Gasteiger partial charge in [-0.2, -0.15) is 0 Å². The van der Waals surface area contributed by atoms with Crippen LogP contribution >= 0.6 is 15.9 Å². The molecule has 1 saturated heterocycles. The monoisotopic (exact) mass is 150 g/mol. The predicted octanol–water partition coefficient (Wildman–Crippen LogP) is -0.362. The Morgan fingerprint density at radius 1 is 1.83 bits per heavy atom. The van der Waals surface area contributed by atoms with E-state index in [0.717, 1.165) is 6.54 Å². The smallest absolute Gasteiger partial charge is 0.0796 e. The first kappa shape index (κ1) is 4.56. The second-order valence-electron chi connectivity index (χ2n) is 1.47. The summed E-state index contributed by atoms with van der Waals surface area (Å²) in [5.74, 6) is 0. The molecule has 0 amide bonds. The SMILES string of the molecule is NC1CN[C@H]1Br. The van der Waals surface area contributed by atoms with Crippen LogP contribution in [0.25, 0.3) is 0 Å². The average Bonchev–Trinajstić information content (AvgIpc) is 1.61. The van der Waals surface area contributed by atoms with Gasteiger partial charge < -0.3 is 11.1 Å². The van der Waals surface area contributed by atoms with Gasteiger partial charge in [-0.15, -0.1) is 0 Å². The molecular weight excluding hydrogens is 144 g/mol. The van der Waals surface area contributed by atoms with Gasteiger partial charge in [0.15, 0.2) is 0 Å². The van der Waals surface area contributed by atoms with Gasteiger partial charge in [0.1, 0.15) is 0 Å². The number of nitrogens with one attached hydrogen (secondary N) is 1. The van der Waals surface area contributed by atoms with Crippen molar-refractivity contribution in [1.82, 2.24) is 5.32 Å². The van der Waals surface area contributed by atoms with Gasteiger partial charge in [-0.25, -0.2) is 0 Å². The molecule has 3 heteroatoms. The molecule has 6 heavy (non-hydrogen) atoms. The van der Waals surface area contributed by atoms with E-state index in [0.29, 0.717) is 11.0 Å².